The van der Waals surface area contributed by atoms with Crippen LogP contribution >= 0.6 is 34.8 Å². The molecular formula is C36H38Cl3N3O5S. The minimum atomic E-state index is -4.31. The smallest absolute Gasteiger partial charge is 0.264 e. The van der Waals surface area contributed by atoms with E-state index in [0.717, 1.165) is 9.87 Å². The van der Waals surface area contributed by atoms with Crippen LogP contribution in [0.15, 0.2) is 102 Å². The topological polar surface area (TPSA) is 96.0 Å². The Morgan fingerprint density at radius 2 is 1.44 bits per heavy atom. The highest BCUT2D eigenvalue weighted by molar-refractivity contribution is 7.92. The third kappa shape index (κ3) is 9.66. The first-order valence-electron chi connectivity index (χ1n) is 15.3. The number of hydrogen-bond acceptors (Lipinski definition) is 5. The van der Waals surface area contributed by atoms with E-state index in [-0.39, 0.29) is 23.5 Å². The van der Waals surface area contributed by atoms with Gasteiger partial charge >= 0.3 is 0 Å². The molecule has 2 amide bonds. The highest BCUT2D eigenvalue weighted by Crippen LogP contribution is 2.30. The molecule has 0 heterocycles. The van der Waals surface area contributed by atoms with Gasteiger partial charge in [-0.1, -0.05) is 71.2 Å². The lowest BCUT2D eigenvalue weighted by Crippen LogP contribution is -2.56. The van der Waals surface area contributed by atoms with E-state index in [1.54, 1.807) is 42.5 Å². The summed E-state index contributed by atoms with van der Waals surface area (Å²) in [5.74, 6) is -0.536. The number of anilines is 1. The van der Waals surface area contributed by atoms with Crippen molar-refractivity contribution in [3.05, 3.63) is 123 Å². The van der Waals surface area contributed by atoms with Crippen LogP contribution in [0.25, 0.3) is 0 Å². The van der Waals surface area contributed by atoms with Crippen molar-refractivity contribution >= 4 is 62.3 Å². The van der Waals surface area contributed by atoms with Crippen LogP contribution in [0.3, 0.4) is 0 Å². The van der Waals surface area contributed by atoms with Gasteiger partial charge < -0.3 is 15.0 Å². The number of benzene rings is 4. The lowest BCUT2D eigenvalue weighted by molar-refractivity contribution is -0.140. The molecule has 0 bridgehead atoms. The van der Waals surface area contributed by atoms with E-state index in [0.29, 0.717) is 33.0 Å². The van der Waals surface area contributed by atoms with Crippen LogP contribution in [0.2, 0.25) is 15.1 Å². The number of sulfonamides is 1. The highest BCUT2D eigenvalue weighted by atomic mass is 35.5. The van der Waals surface area contributed by atoms with Gasteiger partial charge in [-0.2, -0.15) is 0 Å². The van der Waals surface area contributed by atoms with Crippen molar-refractivity contribution in [1.29, 1.82) is 0 Å². The molecule has 0 aliphatic rings. The molecular weight excluding hydrogens is 693 g/mol. The molecule has 1 N–H and O–H groups in total. The SMILES string of the molecule is CCOc1ccc(N(CC(=O)N(Cc2c(Cl)cccc2Cl)C(Cc2ccccc2)C(=O)NC(C)(C)C)S(=O)(=O)c2ccc(Cl)cc2)cc1. The molecule has 48 heavy (non-hydrogen) atoms. The van der Waals surface area contributed by atoms with Crippen LogP contribution in [0.4, 0.5) is 5.69 Å². The molecule has 1 atom stereocenters. The molecule has 8 nitrogen and oxygen atoms in total. The van der Waals surface area contributed by atoms with E-state index in [4.69, 9.17) is 39.5 Å². The fourth-order valence-corrected chi connectivity index (χ4v) is 7.06. The van der Waals surface area contributed by atoms with Gasteiger partial charge in [-0.15, -0.1) is 0 Å². The lowest BCUT2D eigenvalue weighted by atomic mass is 10.0. The van der Waals surface area contributed by atoms with E-state index < -0.39 is 40.0 Å². The summed E-state index contributed by atoms with van der Waals surface area (Å²) in [5.41, 5.74) is 0.807. The second kappa shape index (κ2) is 16.1. The summed E-state index contributed by atoms with van der Waals surface area (Å²) >= 11 is 19.2. The molecule has 4 rings (SSSR count). The van der Waals surface area contributed by atoms with Gasteiger partial charge in [0.05, 0.1) is 17.2 Å². The molecule has 0 radical (unpaired) electrons. The number of halogens is 3. The standard InChI is InChI=1S/C36H38Cl3N3O5S/c1-5-47-28-18-16-27(17-19-28)42(48(45,46)29-20-14-26(37)15-21-29)24-34(43)41(23-30-31(38)12-9-13-32(30)39)33(35(44)40-36(2,3)4)22-25-10-7-6-8-11-25/h6-21,33H,5,22-24H2,1-4H3,(H,40,44). The maximum absolute atomic E-state index is 14.7. The maximum atomic E-state index is 14.7. The third-order valence-electron chi connectivity index (χ3n) is 7.28. The van der Waals surface area contributed by atoms with Crippen LogP contribution in [0.1, 0.15) is 38.8 Å². The quantitative estimate of drug-likeness (QED) is 0.152. The lowest BCUT2D eigenvalue weighted by Gasteiger charge is -2.35. The maximum Gasteiger partial charge on any atom is 0.264 e. The van der Waals surface area contributed by atoms with Gasteiger partial charge in [0.25, 0.3) is 10.0 Å². The Kier molecular flexibility index (Phi) is 12.4. The fraction of sp³-hybridized carbons (Fsp3) is 0.278. The van der Waals surface area contributed by atoms with Crippen molar-refractivity contribution in [2.75, 3.05) is 17.5 Å². The predicted octanol–water partition coefficient (Wildman–Crippen LogP) is 7.80. The van der Waals surface area contributed by atoms with Crippen LogP contribution in [0, 0.1) is 0 Å². The second-order valence-electron chi connectivity index (χ2n) is 12.1. The Labute approximate surface area is 297 Å². The summed E-state index contributed by atoms with van der Waals surface area (Å²) < 4.78 is 35.0. The first-order valence-corrected chi connectivity index (χ1v) is 17.9. The zero-order valence-corrected chi connectivity index (χ0v) is 30.2. The molecule has 0 aromatic heterocycles. The molecule has 0 saturated heterocycles. The zero-order chi connectivity index (χ0) is 35.1. The fourth-order valence-electron chi connectivity index (χ4n) is 5.00. The number of rotatable bonds is 13. The molecule has 0 spiro atoms. The van der Waals surface area contributed by atoms with Gasteiger partial charge in [-0.25, -0.2) is 8.42 Å². The van der Waals surface area contributed by atoms with Crippen LogP contribution in [-0.2, 0) is 32.6 Å². The van der Waals surface area contributed by atoms with Crippen molar-refractivity contribution in [1.82, 2.24) is 10.2 Å². The van der Waals surface area contributed by atoms with Crippen molar-refractivity contribution in [3.8, 4) is 5.75 Å². The molecule has 1 unspecified atom stereocenters. The van der Waals surface area contributed by atoms with Gasteiger partial charge in [0.1, 0.15) is 18.3 Å². The number of hydrogen-bond donors (Lipinski definition) is 1. The Balaban J connectivity index is 1.85. The molecule has 4 aromatic rings. The molecule has 4 aromatic carbocycles. The average Bonchev–Trinajstić information content (AvgIpc) is 3.03. The summed E-state index contributed by atoms with van der Waals surface area (Å²) in [6.07, 6.45) is 0.142. The number of nitrogens with one attached hydrogen (secondary N) is 1. The zero-order valence-electron chi connectivity index (χ0n) is 27.1. The Hall–Kier alpha value is -3.76. The van der Waals surface area contributed by atoms with Crippen molar-refractivity contribution in [3.63, 3.8) is 0 Å². The molecule has 0 fully saturated rings. The summed E-state index contributed by atoms with van der Waals surface area (Å²) in [6, 6.07) is 25.2. The van der Waals surface area contributed by atoms with E-state index in [2.05, 4.69) is 5.32 Å². The molecule has 0 saturated carbocycles. The normalized spacial score (nSPS) is 12.2. The monoisotopic (exact) mass is 729 g/mol. The third-order valence-corrected chi connectivity index (χ3v) is 10.0. The van der Waals surface area contributed by atoms with Crippen molar-refractivity contribution in [2.45, 2.75) is 57.1 Å². The van der Waals surface area contributed by atoms with Gasteiger partial charge in [0, 0.05) is 39.1 Å². The Morgan fingerprint density at radius 1 is 0.833 bits per heavy atom. The summed E-state index contributed by atoms with van der Waals surface area (Å²) in [6.45, 7) is 6.98. The largest absolute Gasteiger partial charge is 0.494 e. The second-order valence-corrected chi connectivity index (χ2v) is 15.2. The minimum Gasteiger partial charge on any atom is -0.494 e. The number of amides is 2. The number of carbonyl (C=O) groups excluding carboxylic acids is 2. The van der Waals surface area contributed by atoms with Crippen LogP contribution in [-0.4, -0.2) is 49.9 Å². The molecule has 254 valence electrons. The number of ether oxygens (including phenoxy) is 1. The van der Waals surface area contributed by atoms with Gasteiger partial charge in [0.15, 0.2) is 0 Å². The first kappa shape index (κ1) is 37.1. The molecule has 12 heteroatoms. The van der Waals surface area contributed by atoms with E-state index in [1.807, 2.05) is 58.0 Å². The van der Waals surface area contributed by atoms with Gasteiger partial charge in [-0.3, -0.25) is 13.9 Å². The summed E-state index contributed by atoms with van der Waals surface area (Å²) in [7, 11) is -4.31. The van der Waals surface area contributed by atoms with Gasteiger partial charge in [-0.05, 0) is 93.9 Å². The van der Waals surface area contributed by atoms with Crippen LogP contribution < -0.4 is 14.4 Å². The number of carbonyl (C=O) groups is 2. The van der Waals surface area contributed by atoms with Gasteiger partial charge in [0.2, 0.25) is 11.8 Å². The van der Waals surface area contributed by atoms with E-state index in [1.165, 1.54) is 29.2 Å². The summed E-state index contributed by atoms with van der Waals surface area (Å²) in [5, 5.41) is 3.95. The van der Waals surface area contributed by atoms with Crippen molar-refractivity contribution in [2.24, 2.45) is 0 Å². The summed E-state index contributed by atoms with van der Waals surface area (Å²) in [4.78, 5) is 30.0. The predicted molar refractivity (Wildman–Crippen MR) is 192 cm³/mol. The first-order chi connectivity index (χ1) is 22.7. The molecule has 0 aliphatic heterocycles. The molecule has 0 aliphatic carbocycles. The average molecular weight is 731 g/mol. The minimum absolute atomic E-state index is 0.0689. The van der Waals surface area contributed by atoms with Crippen LogP contribution in [0.5, 0.6) is 5.75 Å². The number of nitrogens with zero attached hydrogens (tertiary/aromatic N) is 2. The van der Waals surface area contributed by atoms with E-state index >= 15 is 0 Å². The van der Waals surface area contributed by atoms with E-state index in [9.17, 15) is 18.0 Å². The Morgan fingerprint density at radius 3 is 2.00 bits per heavy atom. The van der Waals surface area contributed by atoms with Crippen molar-refractivity contribution < 1.29 is 22.7 Å². The Bertz CT molecular complexity index is 1790. The highest BCUT2D eigenvalue weighted by Gasteiger charge is 2.36.